The molecule has 0 bridgehead atoms. The third kappa shape index (κ3) is 5.63. The van der Waals surface area contributed by atoms with E-state index in [4.69, 9.17) is 4.74 Å². The fourth-order valence-electron chi connectivity index (χ4n) is 5.17. The summed E-state index contributed by atoms with van der Waals surface area (Å²) in [6.07, 6.45) is 8.81. The Morgan fingerprint density at radius 2 is 1.76 bits per heavy atom. The number of rotatable bonds is 9. The van der Waals surface area contributed by atoms with Crippen molar-refractivity contribution in [3.05, 3.63) is 41.3 Å². The van der Waals surface area contributed by atoms with Crippen LogP contribution >= 0.6 is 0 Å². The summed E-state index contributed by atoms with van der Waals surface area (Å²) in [7, 11) is 0. The van der Waals surface area contributed by atoms with E-state index in [0.717, 1.165) is 60.3 Å². The molecule has 2 fully saturated rings. The second-order valence-electron chi connectivity index (χ2n) is 10.5. The maximum absolute atomic E-state index is 13.4. The van der Waals surface area contributed by atoms with Crippen molar-refractivity contribution in [2.45, 2.75) is 84.2 Å². The number of fused-ring (bicyclic) bond motifs is 1. The van der Waals surface area contributed by atoms with Crippen LogP contribution in [0.5, 0.6) is 5.75 Å². The van der Waals surface area contributed by atoms with Gasteiger partial charge < -0.3 is 20.4 Å². The molecule has 2 aliphatic rings. The predicted octanol–water partition coefficient (Wildman–Crippen LogP) is 4.85. The van der Waals surface area contributed by atoms with Crippen molar-refractivity contribution >= 4 is 22.8 Å². The Bertz CT molecular complexity index is 1290. The third-order valence-electron chi connectivity index (χ3n) is 7.63. The number of H-pyrrole nitrogens is 1. The van der Waals surface area contributed by atoms with Crippen molar-refractivity contribution in [2.75, 3.05) is 6.61 Å². The van der Waals surface area contributed by atoms with E-state index in [9.17, 15) is 9.59 Å². The van der Waals surface area contributed by atoms with Crippen LogP contribution in [0, 0.1) is 12.8 Å². The van der Waals surface area contributed by atoms with Gasteiger partial charge in [0.2, 0.25) is 5.91 Å². The minimum absolute atomic E-state index is 0.0802. The van der Waals surface area contributed by atoms with Gasteiger partial charge in [-0.1, -0.05) is 19.9 Å². The molecule has 3 N–H and O–H groups in total. The van der Waals surface area contributed by atoms with E-state index in [0.29, 0.717) is 30.0 Å². The topological polar surface area (TPSA) is 109 Å². The summed E-state index contributed by atoms with van der Waals surface area (Å²) in [5, 5.41) is 6.29. The van der Waals surface area contributed by atoms with Crippen LogP contribution in [0.15, 0.2) is 24.5 Å². The summed E-state index contributed by atoms with van der Waals surface area (Å²) < 4.78 is 6.21. The number of nitrogens with one attached hydrogen (secondary N) is 3. The number of hydrogen-bond acceptors (Lipinski definition) is 5. The number of aryl methyl sites for hydroxylation is 2. The number of nitrogens with zero attached hydrogens (tertiary/aromatic N) is 2. The highest BCUT2D eigenvalue weighted by Crippen LogP contribution is 2.37. The molecule has 8 nitrogen and oxygen atoms in total. The number of benzene rings is 1. The molecule has 2 saturated carbocycles. The zero-order chi connectivity index (χ0) is 25.9. The zero-order valence-electron chi connectivity index (χ0n) is 22.0. The molecule has 0 radical (unpaired) electrons. The molecule has 0 atom stereocenters. The summed E-state index contributed by atoms with van der Waals surface area (Å²) in [5.74, 6) is 1.42. The van der Waals surface area contributed by atoms with Crippen molar-refractivity contribution in [1.29, 1.82) is 0 Å². The molecule has 2 amide bonds. The highest BCUT2D eigenvalue weighted by Gasteiger charge is 2.27. The Morgan fingerprint density at radius 1 is 1.03 bits per heavy atom. The van der Waals surface area contributed by atoms with Crippen LogP contribution in [0.4, 0.5) is 0 Å². The summed E-state index contributed by atoms with van der Waals surface area (Å²) in [4.78, 5) is 37.7. The lowest BCUT2D eigenvalue weighted by atomic mass is 9.91. The molecule has 2 aromatic heterocycles. The van der Waals surface area contributed by atoms with Crippen molar-refractivity contribution in [3.8, 4) is 17.0 Å². The Labute approximate surface area is 218 Å². The quantitative estimate of drug-likeness (QED) is 0.387. The third-order valence-corrected chi connectivity index (χ3v) is 7.63. The van der Waals surface area contributed by atoms with E-state index in [1.54, 1.807) is 0 Å². The van der Waals surface area contributed by atoms with Gasteiger partial charge in [0, 0.05) is 29.8 Å². The molecule has 0 aliphatic heterocycles. The number of amides is 2. The highest BCUT2D eigenvalue weighted by atomic mass is 16.5. The van der Waals surface area contributed by atoms with E-state index >= 15 is 0 Å². The van der Waals surface area contributed by atoms with Gasteiger partial charge in [0.25, 0.3) is 5.91 Å². The van der Waals surface area contributed by atoms with Crippen molar-refractivity contribution < 1.29 is 14.3 Å². The van der Waals surface area contributed by atoms with Crippen LogP contribution in [0.2, 0.25) is 0 Å². The van der Waals surface area contributed by atoms with Crippen LogP contribution in [0.3, 0.4) is 0 Å². The average Bonchev–Trinajstić information content (AvgIpc) is 3.67. The highest BCUT2D eigenvalue weighted by molar-refractivity contribution is 6.09. The van der Waals surface area contributed by atoms with E-state index in [-0.39, 0.29) is 23.9 Å². The normalized spacial score (nSPS) is 19.5. The first-order valence-electron chi connectivity index (χ1n) is 13.7. The molecule has 2 aliphatic carbocycles. The average molecular weight is 504 g/mol. The van der Waals surface area contributed by atoms with Crippen molar-refractivity contribution in [1.82, 2.24) is 25.6 Å². The fourth-order valence-corrected chi connectivity index (χ4v) is 5.17. The summed E-state index contributed by atoms with van der Waals surface area (Å²) in [5.41, 5.74) is 5.58. The second-order valence-corrected chi connectivity index (χ2v) is 10.5. The maximum atomic E-state index is 13.4. The van der Waals surface area contributed by atoms with Crippen LogP contribution in [-0.2, 0) is 11.2 Å². The molecule has 2 heterocycles. The Balaban J connectivity index is 1.38. The standard InChI is InChI=1S/C29H37N5O3/c1-4-18-8-13-23(37-15-19-6-7-19)22(14-18)26-28-27(31-16-30-26)25(17(3)32-28)29(36)34-21-11-9-20(10-12-21)33-24(35)5-2/h8,13-14,16,19-21,32H,4-7,9-12,15H2,1-3H3,(H,33,35)(H,34,36)/t20-,21-. The number of ether oxygens (including phenoxy) is 1. The molecule has 3 aromatic rings. The van der Waals surface area contributed by atoms with Crippen LogP contribution in [0.1, 0.15) is 80.4 Å². The molecule has 37 heavy (non-hydrogen) atoms. The molecule has 0 unspecified atom stereocenters. The van der Waals surface area contributed by atoms with Gasteiger partial charge in [-0.25, -0.2) is 9.97 Å². The molecule has 0 spiro atoms. The van der Waals surface area contributed by atoms with Gasteiger partial charge in [-0.15, -0.1) is 0 Å². The fraction of sp³-hybridized carbons (Fsp3) is 0.517. The van der Waals surface area contributed by atoms with Gasteiger partial charge in [0.15, 0.2) is 0 Å². The second kappa shape index (κ2) is 10.9. The Hall–Kier alpha value is -3.42. The summed E-state index contributed by atoms with van der Waals surface area (Å²) in [6.45, 7) is 6.62. The Morgan fingerprint density at radius 3 is 2.43 bits per heavy atom. The summed E-state index contributed by atoms with van der Waals surface area (Å²) in [6, 6.07) is 6.55. The molecule has 5 rings (SSSR count). The zero-order valence-corrected chi connectivity index (χ0v) is 22.0. The van der Waals surface area contributed by atoms with E-state index in [1.807, 2.05) is 19.9 Å². The largest absolute Gasteiger partial charge is 0.493 e. The predicted molar refractivity (Wildman–Crippen MR) is 144 cm³/mol. The first-order chi connectivity index (χ1) is 18.0. The molecule has 8 heteroatoms. The molecule has 0 saturated heterocycles. The van der Waals surface area contributed by atoms with Crippen LogP contribution < -0.4 is 15.4 Å². The van der Waals surface area contributed by atoms with Gasteiger partial charge in [0.05, 0.1) is 17.7 Å². The number of aromatic nitrogens is 3. The SMILES string of the molecule is CCC(=O)N[C@H]1CC[C@H](NC(=O)c2c(C)[nH]c3c(-c4cc(CC)ccc4OCC4CC4)ncnc23)CC1. The van der Waals surface area contributed by atoms with Gasteiger partial charge in [-0.05, 0) is 75.5 Å². The molecular weight excluding hydrogens is 466 g/mol. The molecule has 196 valence electrons. The maximum Gasteiger partial charge on any atom is 0.255 e. The minimum atomic E-state index is -0.123. The van der Waals surface area contributed by atoms with E-state index in [2.05, 4.69) is 44.6 Å². The van der Waals surface area contributed by atoms with Gasteiger partial charge in [-0.3, -0.25) is 9.59 Å². The Kier molecular flexibility index (Phi) is 7.44. The van der Waals surface area contributed by atoms with Gasteiger partial charge in [0.1, 0.15) is 23.3 Å². The monoisotopic (exact) mass is 503 g/mol. The molecular formula is C29H37N5O3. The van der Waals surface area contributed by atoms with E-state index in [1.165, 1.54) is 24.7 Å². The van der Waals surface area contributed by atoms with Gasteiger partial charge >= 0.3 is 0 Å². The van der Waals surface area contributed by atoms with E-state index < -0.39 is 0 Å². The number of carbonyl (C=O) groups is 2. The number of hydrogen-bond donors (Lipinski definition) is 3. The minimum Gasteiger partial charge on any atom is -0.493 e. The lowest BCUT2D eigenvalue weighted by Crippen LogP contribution is -2.43. The van der Waals surface area contributed by atoms with Crippen LogP contribution in [0.25, 0.3) is 22.3 Å². The molecule has 1 aromatic carbocycles. The lowest BCUT2D eigenvalue weighted by Gasteiger charge is -2.29. The van der Waals surface area contributed by atoms with Crippen molar-refractivity contribution in [2.24, 2.45) is 5.92 Å². The first-order valence-corrected chi connectivity index (χ1v) is 13.7. The number of aromatic amines is 1. The smallest absolute Gasteiger partial charge is 0.255 e. The van der Waals surface area contributed by atoms with Gasteiger partial charge in [-0.2, -0.15) is 0 Å². The number of carbonyl (C=O) groups excluding carboxylic acids is 2. The summed E-state index contributed by atoms with van der Waals surface area (Å²) >= 11 is 0. The lowest BCUT2D eigenvalue weighted by molar-refractivity contribution is -0.121. The van der Waals surface area contributed by atoms with Crippen LogP contribution in [-0.4, -0.2) is 45.5 Å². The van der Waals surface area contributed by atoms with Crippen molar-refractivity contribution in [3.63, 3.8) is 0 Å². The first kappa shape index (κ1) is 25.2.